The average molecular weight is 464 g/mol. The van der Waals surface area contributed by atoms with Crippen LogP contribution in [-0.2, 0) is 4.79 Å². The van der Waals surface area contributed by atoms with Crippen LogP contribution in [0, 0.1) is 0 Å². The van der Waals surface area contributed by atoms with E-state index in [4.69, 9.17) is 9.72 Å². The molecule has 1 aliphatic heterocycles. The Morgan fingerprint density at radius 1 is 1.15 bits per heavy atom. The summed E-state index contributed by atoms with van der Waals surface area (Å²) in [4.78, 5) is 19.9. The minimum Gasteiger partial charge on any atom is -0.504 e. The lowest BCUT2D eigenvalue weighted by molar-refractivity contribution is -0.119. The van der Waals surface area contributed by atoms with E-state index in [0.717, 1.165) is 53.5 Å². The van der Waals surface area contributed by atoms with Crippen molar-refractivity contribution in [1.29, 1.82) is 0 Å². The molecule has 3 aromatic rings. The van der Waals surface area contributed by atoms with E-state index in [0.29, 0.717) is 5.75 Å². The maximum absolute atomic E-state index is 11.5. The molecule has 0 saturated carbocycles. The lowest BCUT2D eigenvalue weighted by atomic mass is 10.0. The fourth-order valence-corrected chi connectivity index (χ4v) is 4.78. The standard InChI is InChI=1S/C26H29N3O3S/c1-4-33-22-8-5-18(6-9-22)20-13-23(19-7-10-24(31)25(14-19)32-3)28-26(15-20)29-12-11-21(16-29)27-17(2)30/h5-10,13-15,21,31H,4,11-12,16H2,1-3H3,(H,27,30). The first-order chi connectivity index (χ1) is 16.0. The number of carbonyl (C=O) groups excluding carboxylic acids is 1. The Hall–Kier alpha value is -3.19. The molecule has 2 N–H and O–H groups in total. The molecular weight excluding hydrogens is 434 g/mol. The number of nitrogens with one attached hydrogen (secondary N) is 1. The second-order valence-electron chi connectivity index (χ2n) is 8.08. The van der Waals surface area contributed by atoms with Crippen LogP contribution in [0.1, 0.15) is 20.3 Å². The van der Waals surface area contributed by atoms with E-state index in [2.05, 4.69) is 53.5 Å². The number of thioether (sulfide) groups is 1. The molecule has 1 atom stereocenters. The summed E-state index contributed by atoms with van der Waals surface area (Å²) in [6.07, 6.45) is 0.886. The predicted molar refractivity (Wildman–Crippen MR) is 134 cm³/mol. The highest BCUT2D eigenvalue weighted by Crippen LogP contribution is 2.35. The van der Waals surface area contributed by atoms with Crippen LogP contribution in [0.15, 0.2) is 59.5 Å². The summed E-state index contributed by atoms with van der Waals surface area (Å²) in [6.45, 7) is 5.25. The highest BCUT2D eigenvalue weighted by atomic mass is 32.2. The number of benzene rings is 2. The van der Waals surface area contributed by atoms with E-state index >= 15 is 0 Å². The van der Waals surface area contributed by atoms with Gasteiger partial charge in [-0.2, -0.15) is 0 Å². The monoisotopic (exact) mass is 463 g/mol. The second-order valence-corrected chi connectivity index (χ2v) is 9.41. The zero-order valence-electron chi connectivity index (χ0n) is 19.2. The molecular formula is C26H29N3O3S. The third-order valence-corrected chi connectivity index (χ3v) is 6.60. The van der Waals surface area contributed by atoms with E-state index in [1.807, 2.05) is 17.8 Å². The van der Waals surface area contributed by atoms with Crippen LogP contribution in [0.2, 0.25) is 0 Å². The van der Waals surface area contributed by atoms with Gasteiger partial charge in [-0.3, -0.25) is 4.79 Å². The van der Waals surface area contributed by atoms with E-state index in [1.165, 1.54) is 12.0 Å². The van der Waals surface area contributed by atoms with Crippen LogP contribution in [0.5, 0.6) is 11.5 Å². The van der Waals surface area contributed by atoms with Crippen LogP contribution < -0.4 is 15.0 Å². The predicted octanol–water partition coefficient (Wildman–Crippen LogP) is 4.96. The molecule has 2 aromatic carbocycles. The van der Waals surface area contributed by atoms with Crippen molar-refractivity contribution in [2.24, 2.45) is 0 Å². The van der Waals surface area contributed by atoms with Crippen molar-refractivity contribution in [3.63, 3.8) is 0 Å². The molecule has 0 spiro atoms. The highest BCUT2D eigenvalue weighted by Gasteiger charge is 2.25. The summed E-state index contributed by atoms with van der Waals surface area (Å²) < 4.78 is 5.31. The summed E-state index contributed by atoms with van der Waals surface area (Å²) in [6, 6.07) is 18.2. The summed E-state index contributed by atoms with van der Waals surface area (Å²) in [7, 11) is 1.54. The number of amides is 1. The zero-order chi connectivity index (χ0) is 23.4. The molecule has 0 radical (unpaired) electrons. The molecule has 4 rings (SSSR count). The van der Waals surface area contributed by atoms with E-state index in [-0.39, 0.29) is 17.7 Å². The van der Waals surface area contributed by atoms with Crippen LogP contribution in [0.3, 0.4) is 0 Å². The number of hydrogen-bond donors (Lipinski definition) is 2. The number of nitrogens with zero attached hydrogens (tertiary/aromatic N) is 2. The molecule has 2 heterocycles. The average Bonchev–Trinajstić information content (AvgIpc) is 3.27. The second kappa shape index (κ2) is 10.2. The Morgan fingerprint density at radius 3 is 2.61 bits per heavy atom. The zero-order valence-corrected chi connectivity index (χ0v) is 20.0. The lowest BCUT2D eigenvalue weighted by Gasteiger charge is -2.20. The number of methoxy groups -OCH3 is 1. The normalized spacial score (nSPS) is 15.5. The van der Waals surface area contributed by atoms with Gasteiger partial charge >= 0.3 is 0 Å². The fourth-order valence-electron chi connectivity index (χ4n) is 4.11. The van der Waals surface area contributed by atoms with Crippen LogP contribution >= 0.6 is 11.8 Å². The van der Waals surface area contributed by atoms with Gasteiger partial charge in [0.25, 0.3) is 0 Å². The van der Waals surface area contributed by atoms with Crippen LogP contribution in [0.25, 0.3) is 22.4 Å². The first-order valence-electron chi connectivity index (χ1n) is 11.1. The van der Waals surface area contributed by atoms with Crippen molar-refractivity contribution >= 4 is 23.5 Å². The number of aromatic hydroxyl groups is 1. The molecule has 1 amide bonds. The summed E-state index contributed by atoms with van der Waals surface area (Å²) >= 11 is 1.82. The third kappa shape index (κ3) is 5.42. The Labute approximate surface area is 199 Å². The van der Waals surface area contributed by atoms with Gasteiger partial charge in [0.2, 0.25) is 5.91 Å². The molecule has 1 fully saturated rings. The Bertz CT molecular complexity index is 1130. The van der Waals surface area contributed by atoms with Crippen molar-refractivity contribution < 1.29 is 14.6 Å². The van der Waals surface area contributed by atoms with Gasteiger partial charge in [-0.1, -0.05) is 19.1 Å². The largest absolute Gasteiger partial charge is 0.504 e. The number of anilines is 1. The molecule has 1 aromatic heterocycles. The highest BCUT2D eigenvalue weighted by molar-refractivity contribution is 7.99. The number of pyridine rings is 1. The smallest absolute Gasteiger partial charge is 0.217 e. The number of phenolic OH excluding ortho intramolecular Hbond substituents is 1. The quantitative estimate of drug-likeness (QED) is 0.483. The third-order valence-electron chi connectivity index (χ3n) is 5.71. The number of hydrogen-bond acceptors (Lipinski definition) is 6. The van der Waals surface area contributed by atoms with Gasteiger partial charge < -0.3 is 20.1 Å². The Morgan fingerprint density at radius 2 is 1.91 bits per heavy atom. The van der Waals surface area contributed by atoms with Gasteiger partial charge in [0.05, 0.1) is 12.8 Å². The van der Waals surface area contributed by atoms with Gasteiger partial charge in [0, 0.05) is 36.5 Å². The SMILES string of the molecule is CCSc1ccc(-c2cc(-c3ccc(O)c(OC)c3)nc(N3CCC(NC(C)=O)C3)c2)cc1. The molecule has 6 nitrogen and oxygen atoms in total. The first-order valence-corrected chi connectivity index (χ1v) is 12.1. The summed E-state index contributed by atoms with van der Waals surface area (Å²) in [5.41, 5.74) is 3.85. The molecule has 7 heteroatoms. The lowest BCUT2D eigenvalue weighted by Crippen LogP contribution is -2.35. The van der Waals surface area contributed by atoms with Gasteiger partial charge in [-0.05, 0) is 65.8 Å². The number of ether oxygens (including phenoxy) is 1. The van der Waals surface area contributed by atoms with Crippen molar-refractivity contribution in [3.8, 4) is 33.9 Å². The van der Waals surface area contributed by atoms with Gasteiger partial charge in [0.15, 0.2) is 11.5 Å². The fraction of sp³-hybridized carbons (Fsp3) is 0.308. The molecule has 0 aliphatic carbocycles. The number of phenols is 1. The van der Waals surface area contributed by atoms with E-state index < -0.39 is 0 Å². The summed E-state index contributed by atoms with van der Waals surface area (Å²) in [5.74, 6) is 2.41. The number of carbonyl (C=O) groups is 1. The number of rotatable bonds is 7. The van der Waals surface area contributed by atoms with Crippen molar-refractivity contribution in [1.82, 2.24) is 10.3 Å². The van der Waals surface area contributed by atoms with Crippen molar-refractivity contribution in [2.45, 2.75) is 31.2 Å². The first kappa shape index (κ1) is 23.0. The molecule has 0 bridgehead atoms. The molecule has 1 saturated heterocycles. The van der Waals surface area contributed by atoms with Gasteiger partial charge in [-0.15, -0.1) is 11.8 Å². The maximum Gasteiger partial charge on any atom is 0.217 e. The van der Waals surface area contributed by atoms with Crippen LogP contribution in [0.4, 0.5) is 5.82 Å². The Balaban J connectivity index is 1.74. The molecule has 172 valence electrons. The number of aromatic nitrogens is 1. The van der Waals surface area contributed by atoms with Crippen LogP contribution in [-0.4, -0.2) is 48.0 Å². The molecule has 1 aliphatic rings. The van der Waals surface area contributed by atoms with Gasteiger partial charge in [0.1, 0.15) is 5.82 Å². The maximum atomic E-state index is 11.5. The molecule has 1 unspecified atom stereocenters. The Kier molecular flexibility index (Phi) is 7.08. The topological polar surface area (TPSA) is 74.7 Å². The van der Waals surface area contributed by atoms with E-state index in [9.17, 15) is 9.90 Å². The summed E-state index contributed by atoms with van der Waals surface area (Å²) in [5, 5.41) is 13.0. The van der Waals surface area contributed by atoms with E-state index in [1.54, 1.807) is 19.1 Å². The van der Waals surface area contributed by atoms with Crippen molar-refractivity contribution in [2.75, 3.05) is 30.9 Å². The van der Waals surface area contributed by atoms with Gasteiger partial charge in [-0.25, -0.2) is 4.98 Å². The molecule has 33 heavy (non-hydrogen) atoms. The minimum atomic E-state index is -0.00882. The minimum absolute atomic E-state index is 0.00882. The van der Waals surface area contributed by atoms with Crippen molar-refractivity contribution in [3.05, 3.63) is 54.6 Å².